The topological polar surface area (TPSA) is 83.1 Å². The van der Waals surface area contributed by atoms with Gasteiger partial charge in [0.1, 0.15) is 11.9 Å². The van der Waals surface area contributed by atoms with Crippen LogP contribution in [-0.2, 0) is 15.9 Å². The van der Waals surface area contributed by atoms with E-state index in [9.17, 15) is 14.3 Å². The lowest BCUT2D eigenvalue weighted by atomic mass is 9.87. The largest absolute Gasteiger partial charge is 0.389 e. The van der Waals surface area contributed by atoms with Gasteiger partial charge in [0, 0.05) is 5.69 Å². The lowest BCUT2D eigenvalue weighted by molar-refractivity contribution is -0.184. The molecule has 3 aliphatic rings. The molecule has 7 nitrogen and oxygen atoms in total. The zero-order chi connectivity index (χ0) is 22.8. The molecule has 176 valence electrons. The average molecular weight is 456 g/mol. The molecule has 3 aliphatic heterocycles. The Hall–Kier alpha value is -2.52. The second-order valence-electron chi connectivity index (χ2n) is 9.16. The van der Waals surface area contributed by atoms with Crippen molar-refractivity contribution in [3.63, 3.8) is 0 Å². The van der Waals surface area contributed by atoms with Crippen LogP contribution in [0.2, 0.25) is 0 Å². The van der Waals surface area contributed by atoms with E-state index >= 15 is 0 Å². The number of carbonyl (C=O) groups excluding carboxylic acids is 1. The maximum atomic E-state index is 13.1. The van der Waals surface area contributed by atoms with Gasteiger partial charge in [-0.1, -0.05) is 30.3 Å². The fraction of sp³-hybridized carbons (Fsp3) is 0.480. The minimum absolute atomic E-state index is 0.324. The molecule has 5 atom stereocenters. The maximum Gasteiger partial charge on any atom is 0.319 e. The predicted octanol–water partition coefficient (Wildman–Crippen LogP) is 2.76. The lowest BCUT2D eigenvalue weighted by Crippen LogP contribution is -2.66. The second-order valence-corrected chi connectivity index (χ2v) is 9.16. The van der Waals surface area contributed by atoms with E-state index in [2.05, 4.69) is 39.8 Å². The van der Waals surface area contributed by atoms with Gasteiger partial charge in [0.2, 0.25) is 0 Å². The molecule has 3 heterocycles. The number of fused-ring (bicyclic) bond motifs is 2. The van der Waals surface area contributed by atoms with E-state index in [0.29, 0.717) is 18.2 Å². The number of carbonyl (C=O) groups is 1. The monoisotopic (exact) mass is 455 g/mol. The second kappa shape index (κ2) is 9.77. The zero-order valence-electron chi connectivity index (χ0n) is 18.4. The van der Waals surface area contributed by atoms with Crippen molar-refractivity contribution in [2.24, 2.45) is 5.92 Å². The smallest absolute Gasteiger partial charge is 0.319 e. The van der Waals surface area contributed by atoms with Crippen molar-refractivity contribution in [3.8, 4) is 0 Å². The molecule has 3 fully saturated rings. The van der Waals surface area contributed by atoms with Crippen molar-refractivity contribution in [1.29, 1.82) is 0 Å². The summed E-state index contributed by atoms with van der Waals surface area (Å²) >= 11 is 0. The Bertz CT molecular complexity index is 936. The van der Waals surface area contributed by atoms with Crippen molar-refractivity contribution in [3.05, 3.63) is 66.0 Å². The highest BCUT2D eigenvalue weighted by molar-refractivity contribution is 5.89. The normalized spacial score (nSPS) is 30.2. The Morgan fingerprint density at radius 1 is 1.09 bits per heavy atom. The van der Waals surface area contributed by atoms with Crippen LogP contribution >= 0.6 is 0 Å². The molecule has 8 heteroatoms. The van der Waals surface area contributed by atoms with Crippen LogP contribution in [0.15, 0.2) is 54.6 Å². The van der Waals surface area contributed by atoms with E-state index in [-0.39, 0.29) is 11.9 Å². The van der Waals surface area contributed by atoms with Gasteiger partial charge in [-0.3, -0.25) is 4.90 Å². The molecule has 0 spiro atoms. The molecule has 2 aromatic carbocycles. The summed E-state index contributed by atoms with van der Waals surface area (Å²) in [6.45, 7) is 2.02. The van der Waals surface area contributed by atoms with Gasteiger partial charge in [-0.05, 0) is 68.1 Å². The van der Waals surface area contributed by atoms with Gasteiger partial charge in [-0.25, -0.2) is 9.18 Å². The van der Waals surface area contributed by atoms with Crippen molar-refractivity contribution in [2.75, 3.05) is 25.0 Å². The number of rotatable bonds is 5. The van der Waals surface area contributed by atoms with Crippen LogP contribution in [0, 0.1) is 11.7 Å². The highest BCUT2D eigenvalue weighted by atomic mass is 19.1. The van der Waals surface area contributed by atoms with Gasteiger partial charge in [-0.15, -0.1) is 0 Å². The van der Waals surface area contributed by atoms with Gasteiger partial charge in [0.15, 0.2) is 6.29 Å². The van der Waals surface area contributed by atoms with Crippen LogP contribution in [-0.4, -0.2) is 66.3 Å². The van der Waals surface area contributed by atoms with Crippen LogP contribution < -0.4 is 10.6 Å². The van der Waals surface area contributed by atoms with Crippen LogP contribution in [0.25, 0.3) is 0 Å². The number of anilines is 1. The van der Waals surface area contributed by atoms with E-state index in [1.807, 2.05) is 6.07 Å². The molecule has 3 N–H and O–H groups in total. The summed E-state index contributed by atoms with van der Waals surface area (Å²) < 4.78 is 25.0. The van der Waals surface area contributed by atoms with E-state index in [0.717, 1.165) is 32.4 Å². The van der Waals surface area contributed by atoms with E-state index in [4.69, 9.17) is 9.47 Å². The molecule has 0 aromatic heterocycles. The Kier molecular flexibility index (Phi) is 6.59. The Morgan fingerprint density at radius 3 is 2.55 bits per heavy atom. The van der Waals surface area contributed by atoms with Gasteiger partial charge >= 0.3 is 6.03 Å². The minimum atomic E-state index is -0.819. The third-order valence-corrected chi connectivity index (χ3v) is 6.97. The van der Waals surface area contributed by atoms with Crippen molar-refractivity contribution < 1.29 is 23.8 Å². The molecular formula is C25H30FN3O4. The van der Waals surface area contributed by atoms with Gasteiger partial charge in [-0.2, -0.15) is 0 Å². The third-order valence-electron chi connectivity index (χ3n) is 6.97. The Labute approximate surface area is 192 Å². The zero-order valence-corrected chi connectivity index (χ0v) is 18.4. The summed E-state index contributed by atoms with van der Waals surface area (Å²) in [5.74, 6) is 0.236. The first-order valence-electron chi connectivity index (χ1n) is 11.6. The fourth-order valence-corrected chi connectivity index (χ4v) is 5.22. The van der Waals surface area contributed by atoms with Crippen LogP contribution in [0.4, 0.5) is 14.9 Å². The van der Waals surface area contributed by atoms with Crippen LogP contribution in [0.3, 0.4) is 0 Å². The number of urea groups is 1. The quantitative estimate of drug-likeness (QED) is 0.646. The maximum absolute atomic E-state index is 13.1. The van der Waals surface area contributed by atoms with Crippen molar-refractivity contribution in [1.82, 2.24) is 10.2 Å². The van der Waals surface area contributed by atoms with Gasteiger partial charge < -0.3 is 25.2 Å². The highest BCUT2D eigenvalue weighted by Gasteiger charge is 2.52. The number of aliphatic hydroxyl groups excluding tert-OH is 1. The number of piperidine rings is 1. The molecule has 0 radical (unpaired) electrons. The number of hydrogen-bond donors (Lipinski definition) is 3. The molecule has 2 aromatic rings. The summed E-state index contributed by atoms with van der Waals surface area (Å²) in [6.07, 6.45) is 1.42. The number of amides is 2. The molecule has 2 bridgehead atoms. The molecule has 5 rings (SSSR count). The van der Waals surface area contributed by atoms with E-state index in [1.54, 1.807) is 0 Å². The Morgan fingerprint density at radius 2 is 1.82 bits per heavy atom. The number of benzene rings is 2. The standard InChI is InChI=1S/C25H30FN3O4/c26-18-6-8-19(9-7-18)27-25(31)28-21-20-15-32-24(33-20)22(23(21)30)29-12-10-17(11-13-29)14-16-4-2-1-3-5-16/h1-9,17,20-24,30H,10-15H2,(H2,27,28,31)/t20-,21+,22-,23-,24+/m0/s1. The fourth-order valence-electron chi connectivity index (χ4n) is 5.22. The average Bonchev–Trinajstić information content (AvgIpc) is 3.25. The first kappa shape index (κ1) is 22.3. The van der Waals surface area contributed by atoms with Crippen molar-refractivity contribution in [2.45, 2.75) is 49.8 Å². The molecule has 0 unspecified atom stereocenters. The van der Waals surface area contributed by atoms with E-state index < -0.39 is 30.6 Å². The number of aliphatic hydroxyl groups is 1. The summed E-state index contributed by atoms with van der Waals surface area (Å²) in [7, 11) is 0. The Balaban J connectivity index is 1.19. The number of hydrogen-bond acceptors (Lipinski definition) is 5. The third kappa shape index (κ3) is 5.04. The lowest BCUT2D eigenvalue weighted by Gasteiger charge is -2.46. The first-order valence-corrected chi connectivity index (χ1v) is 11.6. The number of halogens is 1. The first-order chi connectivity index (χ1) is 16.1. The number of likely N-dealkylation sites (tertiary alicyclic amines) is 1. The van der Waals surface area contributed by atoms with Crippen LogP contribution in [0.5, 0.6) is 0 Å². The summed E-state index contributed by atoms with van der Waals surface area (Å²) in [6, 6.07) is 14.7. The molecule has 33 heavy (non-hydrogen) atoms. The van der Waals surface area contributed by atoms with Gasteiger partial charge in [0.25, 0.3) is 0 Å². The molecule has 3 saturated heterocycles. The molecule has 2 amide bonds. The van der Waals surface area contributed by atoms with Crippen LogP contribution in [0.1, 0.15) is 18.4 Å². The predicted molar refractivity (Wildman–Crippen MR) is 121 cm³/mol. The minimum Gasteiger partial charge on any atom is -0.389 e. The molecule has 0 aliphatic carbocycles. The number of nitrogens with zero attached hydrogens (tertiary/aromatic N) is 1. The number of ether oxygens (including phenoxy) is 2. The summed E-state index contributed by atoms with van der Waals surface area (Å²) in [5.41, 5.74) is 1.83. The summed E-state index contributed by atoms with van der Waals surface area (Å²) in [4.78, 5) is 14.8. The summed E-state index contributed by atoms with van der Waals surface area (Å²) in [5, 5.41) is 16.7. The molecule has 0 saturated carbocycles. The SMILES string of the molecule is O=C(Nc1ccc(F)cc1)N[C@H]1[C@H](O)[C@H](N2CCC(Cc3ccccc3)CC2)[C@@H]2OC[C@@H]1O2. The highest BCUT2D eigenvalue weighted by Crippen LogP contribution is 2.34. The van der Waals surface area contributed by atoms with Crippen molar-refractivity contribution >= 4 is 11.7 Å². The molecular weight excluding hydrogens is 425 g/mol. The van der Waals surface area contributed by atoms with Gasteiger partial charge in [0.05, 0.1) is 24.8 Å². The van der Waals surface area contributed by atoms with E-state index in [1.165, 1.54) is 29.8 Å². The number of nitrogens with one attached hydrogen (secondary N) is 2.